The van der Waals surface area contributed by atoms with E-state index < -0.39 is 5.54 Å². The molecule has 3 aromatic rings. The van der Waals surface area contributed by atoms with E-state index in [2.05, 4.69) is 16.5 Å². The van der Waals surface area contributed by atoms with Crippen LogP contribution in [-0.4, -0.2) is 29.0 Å². The first-order valence-corrected chi connectivity index (χ1v) is 8.65. The molecule has 138 valence electrons. The molecule has 0 saturated carbocycles. The molecule has 1 atom stereocenters. The molecule has 0 spiro atoms. The van der Waals surface area contributed by atoms with Crippen LogP contribution >= 0.6 is 0 Å². The molecule has 1 unspecified atom stereocenters. The summed E-state index contributed by atoms with van der Waals surface area (Å²) >= 11 is 0. The molecule has 0 radical (unpaired) electrons. The minimum atomic E-state index is -0.942. The highest BCUT2D eigenvalue weighted by atomic mass is 16.5. The monoisotopic (exact) mass is 371 g/mol. The Hall–Kier alpha value is -3.92. The highest BCUT2D eigenvalue weighted by Gasteiger charge is 2.42. The average molecular weight is 371 g/mol. The van der Waals surface area contributed by atoms with Crippen LogP contribution in [0.15, 0.2) is 59.3 Å². The smallest absolute Gasteiger partial charge is 0.265 e. The zero-order valence-electron chi connectivity index (χ0n) is 15.4. The molecular formula is C21H17N5O2. The molecule has 1 aliphatic heterocycles. The van der Waals surface area contributed by atoms with Gasteiger partial charge in [-0.05, 0) is 41.8 Å². The van der Waals surface area contributed by atoms with Gasteiger partial charge in [-0.3, -0.25) is 15.1 Å². The quantitative estimate of drug-likeness (QED) is 0.720. The van der Waals surface area contributed by atoms with Crippen LogP contribution in [0.2, 0.25) is 0 Å². The van der Waals surface area contributed by atoms with Gasteiger partial charge in [0, 0.05) is 7.05 Å². The van der Waals surface area contributed by atoms with Crippen LogP contribution in [-0.2, 0) is 5.54 Å². The summed E-state index contributed by atoms with van der Waals surface area (Å²) in [6, 6.07) is 17.2. The van der Waals surface area contributed by atoms with E-state index in [9.17, 15) is 4.79 Å². The number of nitrogens with one attached hydrogen (secondary N) is 2. The van der Waals surface area contributed by atoms with Crippen LogP contribution in [0.3, 0.4) is 0 Å². The third-order valence-electron chi connectivity index (χ3n) is 5.05. The molecule has 7 heteroatoms. The van der Waals surface area contributed by atoms with Gasteiger partial charge in [-0.15, -0.1) is 0 Å². The molecule has 2 heterocycles. The summed E-state index contributed by atoms with van der Waals surface area (Å²) in [4.78, 5) is 13.8. The maximum absolute atomic E-state index is 12.6. The Morgan fingerprint density at radius 2 is 1.93 bits per heavy atom. The van der Waals surface area contributed by atoms with E-state index in [1.165, 1.54) is 18.2 Å². The van der Waals surface area contributed by atoms with Crippen molar-refractivity contribution >= 4 is 11.9 Å². The minimum Gasteiger partial charge on any atom is -0.364 e. The van der Waals surface area contributed by atoms with Crippen LogP contribution < -0.4 is 5.32 Å². The zero-order valence-corrected chi connectivity index (χ0v) is 15.4. The van der Waals surface area contributed by atoms with Crippen LogP contribution in [0.1, 0.15) is 34.1 Å². The number of nitrogens with zero attached hydrogens (tertiary/aromatic N) is 3. The lowest BCUT2D eigenvalue weighted by Gasteiger charge is -2.30. The highest BCUT2D eigenvalue weighted by molar-refractivity contribution is 6.07. The summed E-state index contributed by atoms with van der Waals surface area (Å²) in [5.74, 6) is -0.377. The fraction of sp³-hybridized carbons (Fsp3) is 0.143. The van der Waals surface area contributed by atoms with Crippen molar-refractivity contribution in [1.82, 2.24) is 15.4 Å². The number of aromatic nitrogens is 1. The van der Waals surface area contributed by atoms with E-state index in [0.717, 1.165) is 16.7 Å². The Balaban J connectivity index is 1.87. The molecule has 2 aromatic carbocycles. The number of rotatable bonds is 2. The van der Waals surface area contributed by atoms with E-state index >= 15 is 0 Å². The summed E-state index contributed by atoms with van der Waals surface area (Å²) in [5.41, 5.74) is 3.01. The van der Waals surface area contributed by atoms with Gasteiger partial charge < -0.3 is 9.84 Å². The molecule has 2 N–H and O–H groups in total. The van der Waals surface area contributed by atoms with Crippen molar-refractivity contribution in [3.05, 3.63) is 77.2 Å². The van der Waals surface area contributed by atoms with E-state index in [0.29, 0.717) is 16.8 Å². The summed E-state index contributed by atoms with van der Waals surface area (Å²) in [6.45, 7) is 1.86. The molecule has 28 heavy (non-hydrogen) atoms. The maximum Gasteiger partial charge on any atom is 0.265 e. The molecule has 0 bridgehead atoms. The van der Waals surface area contributed by atoms with Gasteiger partial charge in [-0.1, -0.05) is 35.5 Å². The standard InChI is InChI=1S/C21H17N5O2/c1-21(18-17(12-28-25-18)19(27)26(2)20(23)24-21)16-8-4-7-15(10-16)14-6-3-5-13(9-14)11-22/h3-10,12H,1-2H3,(H2,23,24). The molecule has 1 amide bonds. The Bertz CT molecular complexity index is 1140. The number of carbonyl (C=O) groups excluding carboxylic acids is 1. The normalized spacial score (nSPS) is 18.8. The van der Waals surface area contributed by atoms with Crippen molar-refractivity contribution in [3.63, 3.8) is 0 Å². The van der Waals surface area contributed by atoms with Gasteiger partial charge in [0.2, 0.25) is 0 Å². The minimum absolute atomic E-state index is 0.0256. The van der Waals surface area contributed by atoms with Crippen molar-refractivity contribution in [2.75, 3.05) is 7.05 Å². The lowest BCUT2D eigenvalue weighted by molar-refractivity contribution is 0.0868. The number of amides is 1. The van der Waals surface area contributed by atoms with Gasteiger partial charge in [-0.2, -0.15) is 5.26 Å². The fourth-order valence-corrected chi connectivity index (χ4v) is 3.40. The lowest BCUT2D eigenvalue weighted by Crippen LogP contribution is -2.48. The number of carbonyl (C=O) groups is 1. The summed E-state index contributed by atoms with van der Waals surface area (Å²) < 4.78 is 5.10. The molecule has 0 saturated heterocycles. The van der Waals surface area contributed by atoms with Crippen molar-refractivity contribution in [1.29, 1.82) is 10.7 Å². The molecule has 7 nitrogen and oxygen atoms in total. The predicted octanol–water partition coefficient (Wildman–Crippen LogP) is 3.09. The highest BCUT2D eigenvalue weighted by Crippen LogP contribution is 2.35. The van der Waals surface area contributed by atoms with Crippen LogP contribution in [0.4, 0.5) is 0 Å². The number of fused-ring (bicyclic) bond motifs is 1. The number of benzene rings is 2. The van der Waals surface area contributed by atoms with Gasteiger partial charge in [0.05, 0.1) is 11.6 Å². The van der Waals surface area contributed by atoms with Gasteiger partial charge in [0.15, 0.2) is 5.96 Å². The van der Waals surface area contributed by atoms with E-state index in [-0.39, 0.29) is 11.9 Å². The van der Waals surface area contributed by atoms with Gasteiger partial charge in [0.25, 0.3) is 5.91 Å². The SMILES string of the molecule is CN1C(=N)NC(C)(c2cccc(-c3cccc(C#N)c3)c2)c2nocc2C1=O. The number of guanidine groups is 1. The molecule has 0 aliphatic carbocycles. The van der Waals surface area contributed by atoms with Crippen LogP contribution in [0, 0.1) is 16.7 Å². The number of hydrogen-bond acceptors (Lipinski definition) is 5. The first kappa shape index (κ1) is 17.5. The van der Waals surface area contributed by atoms with Crippen molar-refractivity contribution in [2.45, 2.75) is 12.5 Å². The Morgan fingerprint density at radius 3 is 2.68 bits per heavy atom. The fourth-order valence-electron chi connectivity index (χ4n) is 3.40. The maximum atomic E-state index is 12.6. The first-order chi connectivity index (χ1) is 13.4. The largest absolute Gasteiger partial charge is 0.364 e. The summed E-state index contributed by atoms with van der Waals surface area (Å²) in [6.07, 6.45) is 1.31. The van der Waals surface area contributed by atoms with E-state index in [4.69, 9.17) is 15.2 Å². The predicted molar refractivity (Wildman–Crippen MR) is 103 cm³/mol. The van der Waals surface area contributed by atoms with Gasteiger partial charge in [0.1, 0.15) is 23.1 Å². The number of hydrogen-bond donors (Lipinski definition) is 2. The topological polar surface area (TPSA) is 106 Å². The van der Waals surface area contributed by atoms with Gasteiger partial charge in [-0.25, -0.2) is 0 Å². The second kappa shape index (κ2) is 6.35. The van der Waals surface area contributed by atoms with Crippen molar-refractivity contribution < 1.29 is 9.32 Å². The zero-order chi connectivity index (χ0) is 19.9. The van der Waals surface area contributed by atoms with Crippen LogP contribution in [0.5, 0.6) is 0 Å². The number of nitriles is 1. The van der Waals surface area contributed by atoms with Gasteiger partial charge >= 0.3 is 0 Å². The first-order valence-electron chi connectivity index (χ1n) is 8.65. The summed E-state index contributed by atoms with van der Waals surface area (Å²) in [5, 5.41) is 24.6. The lowest BCUT2D eigenvalue weighted by atomic mass is 9.85. The molecule has 1 aromatic heterocycles. The van der Waals surface area contributed by atoms with Crippen LogP contribution in [0.25, 0.3) is 11.1 Å². The van der Waals surface area contributed by atoms with E-state index in [1.807, 2.05) is 49.4 Å². The van der Waals surface area contributed by atoms with Crippen molar-refractivity contribution in [3.8, 4) is 17.2 Å². The Kier molecular flexibility index (Phi) is 3.97. The second-order valence-electron chi connectivity index (χ2n) is 6.81. The Morgan fingerprint density at radius 1 is 1.21 bits per heavy atom. The van der Waals surface area contributed by atoms with E-state index in [1.54, 1.807) is 6.07 Å². The third-order valence-corrected chi connectivity index (χ3v) is 5.05. The molecule has 1 aliphatic rings. The summed E-state index contributed by atoms with van der Waals surface area (Å²) in [7, 11) is 1.53. The average Bonchev–Trinajstić information content (AvgIpc) is 3.21. The molecular weight excluding hydrogens is 354 g/mol. The molecule has 0 fully saturated rings. The second-order valence-corrected chi connectivity index (χ2v) is 6.81. The third kappa shape index (κ3) is 2.63. The van der Waals surface area contributed by atoms with Crippen molar-refractivity contribution in [2.24, 2.45) is 0 Å². The molecule has 4 rings (SSSR count). The Labute approximate surface area is 161 Å².